The van der Waals surface area contributed by atoms with Gasteiger partial charge in [-0.15, -0.1) is 24.0 Å². The Bertz CT molecular complexity index is 353. The highest BCUT2D eigenvalue weighted by Gasteiger charge is 1.95. The van der Waals surface area contributed by atoms with Crippen LogP contribution in [0.1, 0.15) is 5.56 Å². The van der Waals surface area contributed by atoms with Crippen LogP contribution in [0.25, 0.3) is 0 Å². The van der Waals surface area contributed by atoms with Gasteiger partial charge >= 0.3 is 0 Å². The molecule has 0 aromatic heterocycles. The smallest absolute Gasteiger partial charge is 0.190 e. The van der Waals surface area contributed by atoms with Crippen molar-refractivity contribution in [1.29, 1.82) is 0 Å². The molecule has 2 N–H and O–H groups in total. The molecular weight excluding hydrogens is 336 g/mol. The largest absolute Gasteiger partial charge is 0.370 e. The molecule has 0 bridgehead atoms. The average molecular weight is 354 g/mol. The van der Waals surface area contributed by atoms with Crippen molar-refractivity contribution in [3.05, 3.63) is 34.9 Å². The molecule has 0 saturated heterocycles. The van der Waals surface area contributed by atoms with Gasteiger partial charge in [-0.25, -0.2) is 0 Å². The average Bonchev–Trinajstić information content (AvgIpc) is 2.17. The van der Waals surface area contributed by atoms with E-state index in [0.717, 1.165) is 11.4 Å². The van der Waals surface area contributed by atoms with Crippen LogP contribution in [0.2, 0.25) is 5.02 Å². The number of halogens is 2. The summed E-state index contributed by atoms with van der Waals surface area (Å²) in [5.74, 6) is 0.553. The Hall–Kier alpha value is -0.490. The molecule has 0 aliphatic carbocycles. The number of nitrogens with two attached hydrogens (primary N) is 1. The maximum atomic E-state index is 5.87. The second kappa shape index (κ2) is 7.73. The number of hydrogen-bond acceptors (Lipinski definition) is 1. The molecule has 0 saturated carbocycles. The van der Waals surface area contributed by atoms with Crippen LogP contribution in [0.3, 0.4) is 0 Å². The normalized spacial score (nSPS) is 10.8. The second-order valence-electron chi connectivity index (χ2n) is 3.51. The van der Waals surface area contributed by atoms with Crippen molar-refractivity contribution < 1.29 is 0 Å². The Kier molecular flexibility index (Phi) is 7.49. The summed E-state index contributed by atoms with van der Waals surface area (Å²) in [4.78, 5) is 6.02. The Morgan fingerprint density at radius 3 is 2.69 bits per heavy atom. The van der Waals surface area contributed by atoms with Gasteiger partial charge in [-0.2, -0.15) is 0 Å². The summed E-state index contributed by atoms with van der Waals surface area (Å²) in [5.41, 5.74) is 6.84. The highest BCUT2D eigenvalue weighted by Crippen LogP contribution is 2.10. The van der Waals surface area contributed by atoms with E-state index in [1.54, 1.807) is 4.90 Å². The van der Waals surface area contributed by atoms with Crippen molar-refractivity contribution in [3.8, 4) is 0 Å². The molecule has 1 aromatic rings. The number of nitrogens with zero attached hydrogens (tertiary/aromatic N) is 2. The molecule has 0 amide bonds. The summed E-state index contributed by atoms with van der Waals surface area (Å²) >= 11 is 5.87. The minimum Gasteiger partial charge on any atom is -0.370 e. The Labute approximate surface area is 119 Å². The topological polar surface area (TPSA) is 41.6 Å². The highest BCUT2D eigenvalue weighted by molar-refractivity contribution is 14.0. The summed E-state index contributed by atoms with van der Waals surface area (Å²) < 4.78 is 0. The maximum Gasteiger partial charge on any atom is 0.190 e. The minimum atomic E-state index is 0. The molecule has 1 rings (SSSR count). The summed E-state index contributed by atoms with van der Waals surface area (Å²) in [6.45, 7) is 0.685. The number of guanidine groups is 1. The van der Waals surface area contributed by atoms with Gasteiger partial charge in [-0.1, -0.05) is 23.7 Å². The van der Waals surface area contributed by atoms with E-state index in [-0.39, 0.29) is 24.0 Å². The summed E-state index contributed by atoms with van der Waals surface area (Å²) in [6, 6.07) is 7.79. The zero-order valence-corrected chi connectivity index (χ0v) is 12.6. The Morgan fingerprint density at radius 2 is 2.12 bits per heavy atom. The van der Waals surface area contributed by atoms with Crippen LogP contribution in [0.4, 0.5) is 0 Å². The van der Waals surface area contributed by atoms with Crippen LogP contribution < -0.4 is 5.73 Å². The van der Waals surface area contributed by atoms with E-state index >= 15 is 0 Å². The molecule has 5 heteroatoms. The van der Waals surface area contributed by atoms with Crippen LogP contribution in [0, 0.1) is 0 Å². The molecule has 0 atom stereocenters. The molecule has 0 aliphatic heterocycles. The van der Waals surface area contributed by atoms with Gasteiger partial charge in [0.2, 0.25) is 0 Å². The second-order valence-corrected chi connectivity index (χ2v) is 3.95. The lowest BCUT2D eigenvalue weighted by Crippen LogP contribution is -2.30. The molecule has 3 nitrogen and oxygen atoms in total. The molecule has 1 aromatic carbocycles. The van der Waals surface area contributed by atoms with Gasteiger partial charge in [0.05, 0.1) is 0 Å². The number of aliphatic imine (C=N–C) groups is 1. The van der Waals surface area contributed by atoms with Gasteiger partial charge < -0.3 is 10.6 Å². The number of benzene rings is 1. The third-order valence-corrected chi connectivity index (χ3v) is 2.26. The Balaban J connectivity index is 0.00000225. The number of hydrogen-bond donors (Lipinski definition) is 1. The Morgan fingerprint density at radius 1 is 1.44 bits per heavy atom. The molecule has 0 spiro atoms. The standard InChI is InChI=1S/C11H16ClN3.HI/c1-15(2)11(13)14-7-6-9-4-3-5-10(12)8-9;/h3-5,8H,6-7H2,1-2H3,(H2,13,14);1H. The van der Waals surface area contributed by atoms with Crippen LogP contribution in [-0.4, -0.2) is 31.5 Å². The number of rotatable bonds is 3. The molecule has 0 fully saturated rings. The van der Waals surface area contributed by atoms with Crippen molar-refractivity contribution in [2.24, 2.45) is 10.7 Å². The van der Waals surface area contributed by atoms with Crippen molar-refractivity contribution in [1.82, 2.24) is 4.90 Å². The summed E-state index contributed by atoms with van der Waals surface area (Å²) in [6.07, 6.45) is 0.856. The van der Waals surface area contributed by atoms with Crippen molar-refractivity contribution in [3.63, 3.8) is 0 Å². The first-order chi connectivity index (χ1) is 7.09. The quantitative estimate of drug-likeness (QED) is 0.515. The molecule has 0 aliphatic rings. The van der Waals surface area contributed by atoms with Crippen LogP contribution in [-0.2, 0) is 6.42 Å². The minimum absolute atomic E-state index is 0. The van der Waals surface area contributed by atoms with Crippen LogP contribution in [0.15, 0.2) is 29.3 Å². The zero-order chi connectivity index (χ0) is 11.3. The first-order valence-electron chi connectivity index (χ1n) is 4.81. The van der Waals surface area contributed by atoms with Crippen molar-refractivity contribution in [2.45, 2.75) is 6.42 Å². The molecule has 90 valence electrons. The van der Waals surface area contributed by atoms with E-state index in [1.165, 1.54) is 5.56 Å². The summed E-state index contributed by atoms with van der Waals surface area (Å²) in [5, 5.41) is 0.761. The van der Waals surface area contributed by atoms with Crippen molar-refractivity contribution in [2.75, 3.05) is 20.6 Å². The molecular formula is C11H17ClIN3. The molecule has 0 unspecified atom stereocenters. The van der Waals surface area contributed by atoms with Gasteiger partial charge in [0.1, 0.15) is 0 Å². The highest BCUT2D eigenvalue weighted by atomic mass is 127. The van der Waals surface area contributed by atoms with Gasteiger partial charge in [-0.05, 0) is 24.1 Å². The van der Waals surface area contributed by atoms with Gasteiger partial charge in [0, 0.05) is 25.7 Å². The summed E-state index contributed by atoms with van der Waals surface area (Å²) in [7, 11) is 3.75. The third kappa shape index (κ3) is 5.55. The fourth-order valence-electron chi connectivity index (χ4n) is 1.13. The predicted octanol–water partition coefficient (Wildman–Crippen LogP) is 2.38. The predicted molar refractivity (Wildman–Crippen MR) is 80.7 cm³/mol. The monoisotopic (exact) mass is 353 g/mol. The van der Waals surface area contributed by atoms with E-state index in [0.29, 0.717) is 12.5 Å². The fraction of sp³-hybridized carbons (Fsp3) is 0.364. The molecule has 0 radical (unpaired) electrons. The lowest BCUT2D eigenvalue weighted by atomic mass is 10.1. The van der Waals surface area contributed by atoms with E-state index in [9.17, 15) is 0 Å². The first kappa shape index (κ1) is 15.5. The van der Waals surface area contributed by atoms with E-state index in [1.807, 2.05) is 38.4 Å². The van der Waals surface area contributed by atoms with Crippen LogP contribution >= 0.6 is 35.6 Å². The fourth-order valence-corrected chi connectivity index (χ4v) is 1.35. The van der Waals surface area contributed by atoms with Gasteiger partial charge in [0.25, 0.3) is 0 Å². The zero-order valence-electron chi connectivity index (χ0n) is 9.48. The lowest BCUT2D eigenvalue weighted by molar-refractivity contribution is 0.609. The molecule has 16 heavy (non-hydrogen) atoms. The van der Waals surface area contributed by atoms with Crippen molar-refractivity contribution >= 4 is 41.5 Å². The molecule has 0 heterocycles. The van der Waals surface area contributed by atoms with E-state index < -0.39 is 0 Å². The maximum absolute atomic E-state index is 5.87. The first-order valence-corrected chi connectivity index (χ1v) is 5.19. The SMILES string of the molecule is CN(C)C(N)=NCCc1cccc(Cl)c1.I. The van der Waals surface area contributed by atoms with Gasteiger partial charge in [-0.3, -0.25) is 4.99 Å². The van der Waals surface area contributed by atoms with E-state index in [2.05, 4.69) is 4.99 Å². The van der Waals surface area contributed by atoms with E-state index in [4.69, 9.17) is 17.3 Å². The third-order valence-electron chi connectivity index (χ3n) is 2.02. The van der Waals surface area contributed by atoms with Gasteiger partial charge in [0.15, 0.2) is 5.96 Å². The lowest BCUT2D eigenvalue weighted by Gasteiger charge is -2.10. The van der Waals surface area contributed by atoms with Crippen LogP contribution in [0.5, 0.6) is 0 Å².